The van der Waals surface area contributed by atoms with Crippen molar-refractivity contribution in [3.63, 3.8) is 0 Å². The molecule has 2 atom stereocenters. The highest BCUT2D eigenvalue weighted by Crippen LogP contribution is 2.27. The van der Waals surface area contributed by atoms with Crippen molar-refractivity contribution in [2.45, 2.75) is 32.4 Å². The second kappa shape index (κ2) is 9.87. The number of nitrogens with zero attached hydrogens (tertiary/aromatic N) is 3. The number of rotatable bonds is 8. The summed E-state index contributed by atoms with van der Waals surface area (Å²) in [5.74, 6) is 2.03. The van der Waals surface area contributed by atoms with Crippen molar-refractivity contribution in [2.75, 3.05) is 60.5 Å². The predicted molar refractivity (Wildman–Crippen MR) is 110 cm³/mol. The van der Waals surface area contributed by atoms with Gasteiger partial charge in [-0.2, -0.15) is 0 Å². The SMILES string of the molecule is COc1ccc(CN2C[C@H](CO)C[C@@H](CN(C)C)C2)cc1CN1CCCC1. The average Bonchev–Trinajstić information content (AvgIpc) is 3.14. The summed E-state index contributed by atoms with van der Waals surface area (Å²) >= 11 is 0. The van der Waals surface area contributed by atoms with Crippen molar-refractivity contribution < 1.29 is 9.84 Å². The fraction of sp³-hybridized carbons (Fsp3) is 0.727. The van der Waals surface area contributed by atoms with Crippen LogP contribution in [0, 0.1) is 11.8 Å². The molecule has 0 spiro atoms. The lowest BCUT2D eigenvalue weighted by atomic mass is 9.89. The first-order chi connectivity index (χ1) is 13.1. The Morgan fingerprint density at radius 2 is 1.81 bits per heavy atom. The van der Waals surface area contributed by atoms with E-state index in [1.807, 2.05) is 0 Å². The number of hydrogen-bond acceptors (Lipinski definition) is 5. The predicted octanol–water partition coefficient (Wildman–Crippen LogP) is 2.28. The molecule has 0 aromatic heterocycles. The molecule has 5 nitrogen and oxygen atoms in total. The van der Waals surface area contributed by atoms with Gasteiger partial charge in [0.1, 0.15) is 5.75 Å². The summed E-state index contributed by atoms with van der Waals surface area (Å²) in [4.78, 5) is 7.32. The molecule has 1 aromatic rings. The van der Waals surface area contributed by atoms with E-state index in [0.29, 0.717) is 18.4 Å². The number of likely N-dealkylation sites (tertiary alicyclic amines) is 2. The van der Waals surface area contributed by atoms with Crippen molar-refractivity contribution in [3.8, 4) is 5.75 Å². The molecule has 3 rings (SSSR count). The molecule has 2 fully saturated rings. The summed E-state index contributed by atoms with van der Waals surface area (Å²) in [6, 6.07) is 6.67. The number of aliphatic hydroxyl groups is 1. The maximum atomic E-state index is 9.74. The van der Waals surface area contributed by atoms with Gasteiger partial charge >= 0.3 is 0 Å². The van der Waals surface area contributed by atoms with Crippen LogP contribution in [0.2, 0.25) is 0 Å². The van der Waals surface area contributed by atoms with Gasteiger partial charge in [0.25, 0.3) is 0 Å². The number of methoxy groups -OCH3 is 1. The number of benzene rings is 1. The maximum Gasteiger partial charge on any atom is 0.123 e. The van der Waals surface area contributed by atoms with Crippen LogP contribution in [0.15, 0.2) is 18.2 Å². The first-order valence-corrected chi connectivity index (χ1v) is 10.4. The molecule has 2 aliphatic heterocycles. The molecule has 2 saturated heterocycles. The molecule has 5 heteroatoms. The molecule has 0 bridgehead atoms. The minimum absolute atomic E-state index is 0.295. The molecule has 0 amide bonds. The zero-order valence-corrected chi connectivity index (χ0v) is 17.4. The molecule has 1 aromatic carbocycles. The minimum Gasteiger partial charge on any atom is -0.496 e. The highest BCUT2D eigenvalue weighted by Gasteiger charge is 2.27. The van der Waals surface area contributed by atoms with Crippen molar-refractivity contribution in [1.29, 1.82) is 0 Å². The van der Waals surface area contributed by atoms with Gasteiger partial charge in [0.05, 0.1) is 7.11 Å². The minimum atomic E-state index is 0.295. The van der Waals surface area contributed by atoms with Crippen molar-refractivity contribution in [1.82, 2.24) is 14.7 Å². The molecule has 2 heterocycles. The summed E-state index contributed by atoms with van der Waals surface area (Å²) in [6.07, 6.45) is 3.76. The average molecular weight is 376 g/mol. The third-order valence-corrected chi connectivity index (χ3v) is 5.92. The van der Waals surface area contributed by atoms with Crippen LogP contribution in [0.4, 0.5) is 0 Å². The second-order valence-electron chi connectivity index (χ2n) is 8.74. The molecule has 0 aliphatic carbocycles. The van der Waals surface area contributed by atoms with E-state index >= 15 is 0 Å². The summed E-state index contributed by atoms with van der Waals surface area (Å²) in [5, 5.41) is 9.74. The second-order valence-corrected chi connectivity index (χ2v) is 8.74. The Kier molecular flexibility index (Phi) is 7.53. The normalized spacial score (nSPS) is 24.6. The van der Waals surface area contributed by atoms with Gasteiger partial charge < -0.3 is 14.7 Å². The summed E-state index contributed by atoms with van der Waals surface area (Å²) in [7, 11) is 6.05. The van der Waals surface area contributed by atoms with Crippen LogP contribution in [0.1, 0.15) is 30.4 Å². The molecule has 2 aliphatic rings. The maximum absolute atomic E-state index is 9.74. The summed E-state index contributed by atoms with van der Waals surface area (Å²) < 4.78 is 5.62. The Balaban J connectivity index is 1.67. The molecular formula is C22H37N3O2. The molecule has 0 saturated carbocycles. The lowest BCUT2D eigenvalue weighted by Gasteiger charge is -2.38. The fourth-order valence-corrected chi connectivity index (χ4v) is 4.83. The van der Waals surface area contributed by atoms with Crippen LogP contribution in [0.3, 0.4) is 0 Å². The van der Waals surface area contributed by atoms with Crippen molar-refractivity contribution in [3.05, 3.63) is 29.3 Å². The smallest absolute Gasteiger partial charge is 0.123 e. The van der Waals surface area contributed by atoms with Gasteiger partial charge in [0.2, 0.25) is 0 Å². The lowest BCUT2D eigenvalue weighted by molar-refractivity contribution is 0.0692. The van der Waals surface area contributed by atoms with Crippen molar-refractivity contribution in [2.24, 2.45) is 11.8 Å². The standard InChI is InChI=1S/C22H37N3O2/c1-23(2)12-19-10-20(17-26)15-25(14-19)13-18-6-7-22(27-3)21(11-18)16-24-8-4-5-9-24/h6-7,11,19-20,26H,4-5,8-10,12-17H2,1-3H3/t19-,20+/m0/s1. The van der Waals surface area contributed by atoms with Gasteiger partial charge in [-0.25, -0.2) is 0 Å². The molecule has 0 unspecified atom stereocenters. The van der Waals surface area contributed by atoms with E-state index in [2.05, 4.69) is 47.0 Å². The monoisotopic (exact) mass is 375 g/mol. The van der Waals surface area contributed by atoms with Crippen LogP contribution >= 0.6 is 0 Å². The lowest BCUT2D eigenvalue weighted by Crippen LogP contribution is -2.44. The third-order valence-electron chi connectivity index (χ3n) is 5.92. The highest BCUT2D eigenvalue weighted by molar-refractivity contribution is 5.37. The zero-order valence-electron chi connectivity index (χ0n) is 17.4. The molecule has 27 heavy (non-hydrogen) atoms. The van der Waals surface area contributed by atoms with E-state index in [1.54, 1.807) is 7.11 Å². The Labute approximate surface area is 164 Å². The van der Waals surface area contributed by atoms with Crippen LogP contribution < -0.4 is 4.74 Å². The molecular weight excluding hydrogens is 338 g/mol. The van der Waals surface area contributed by atoms with Gasteiger partial charge in [0, 0.05) is 44.9 Å². The van der Waals surface area contributed by atoms with E-state index in [0.717, 1.165) is 44.9 Å². The van der Waals surface area contributed by atoms with E-state index in [-0.39, 0.29) is 0 Å². The van der Waals surface area contributed by atoms with E-state index in [4.69, 9.17) is 4.74 Å². The summed E-state index contributed by atoms with van der Waals surface area (Å²) in [5.41, 5.74) is 2.66. The van der Waals surface area contributed by atoms with Crippen molar-refractivity contribution >= 4 is 0 Å². The Bertz CT molecular complexity index is 587. The van der Waals surface area contributed by atoms with Gasteiger partial charge in [-0.15, -0.1) is 0 Å². The Morgan fingerprint density at radius 1 is 1.07 bits per heavy atom. The Morgan fingerprint density at radius 3 is 2.48 bits per heavy atom. The van der Waals surface area contributed by atoms with Gasteiger partial charge in [-0.1, -0.05) is 6.07 Å². The van der Waals surface area contributed by atoms with Gasteiger partial charge in [-0.3, -0.25) is 9.80 Å². The van der Waals surface area contributed by atoms with Gasteiger partial charge in [0.15, 0.2) is 0 Å². The first-order valence-electron chi connectivity index (χ1n) is 10.4. The van der Waals surface area contributed by atoms with E-state index in [1.165, 1.54) is 37.1 Å². The first kappa shape index (κ1) is 20.6. The van der Waals surface area contributed by atoms with Gasteiger partial charge in [-0.05, 0) is 76.0 Å². The van der Waals surface area contributed by atoms with Crippen LogP contribution in [0.25, 0.3) is 0 Å². The number of aliphatic hydroxyl groups excluding tert-OH is 1. The summed E-state index contributed by atoms with van der Waals surface area (Å²) in [6.45, 7) is 7.83. The number of piperidine rings is 1. The van der Waals surface area contributed by atoms with E-state index < -0.39 is 0 Å². The topological polar surface area (TPSA) is 39.2 Å². The Hall–Kier alpha value is -1.14. The van der Waals surface area contributed by atoms with Crippen LogP contribution in [-0.4, -0.2) is 80.3 Å². The third kappa shape index (κ3) is 5.92. The highest BCUT2D eigenvalue weighted by atomic mass is 16.5. The van der Waals surface area contributed by atoms with E-state index in [9.17, 15) is 5.11 Å². The molecule has 1 N–H and O–H groups in total. The molecule has 0 radical (unpaired) electrons. The molecule has 152 valence electrons. The quantitative estimate of drug-likeness (QED) is 0.755. The number of hydrogen-bond donors (Lipinski definition) is 1. The van der Waals surface area contributed by atoms with Crippen LogP contribution in [0.5, 0.6) is 5.75 Å². The number of ether oxygens (including phenoxy) is 1. The fourth-order valence-electron chi connectivity index (χ4n) is 4.83. The largest absolute Gasteiger partial charge is 0.496 e. The van der Waals surface area contributed by atoms with Crippen LogP contribution in [-0.2, 0) is 13.1 Å². The zero-order chi connectivity index (χ0) is 19.2.